The number of halogens is 2. The highest BCUT2D eigenvalue weighted by molar-refractivity contribution is 8.13. The Morgan fingerprint density at radius 2 is 1.70 bits per heavy atom. The number of aryl methyl sites for hydroxylation is 1. The standard InChI is InChI=1S/C16H13F2NOS.C2H6/c1-10-2-5-12(6-3-10)21-16(19)9-15(20)13-7-4-11(17)8-14(13)18;1-2/h2-8,19H,9H2,1H3;1-2H3. The minimum atomic E-state index is -0.895. The second-order valence-electron chi connectivity index (χ2n) is 4.56. The molecule has 1 N–H and O–H groups in total. The van der Waals surface area contributed by atoms with E-state index < -0.39 is 17.4 Å². The van der Waals surface area contributed by atoms with Crippen LogP contribution in [-0.2, 0) is 0 Å². The number of ketones is 1. The minimum absolute atomic E-state index is 0.118. The number of benzene rings is 2. The Morgan fingerprint density at radius 3 is 2.26 bits per heavy atom. The zero-order chi connectivity index (χ0) is 17.4. The fourth-order valence-electron chi connectivity index (χ4n) is 1.74. The Morgan fingerprint density at radius 1 is 1.09 bits per heavy atom. The van der Waals surface area contributed by atoms with Crippen molar-refractivity contribution in [3.8, 4) is 0 Å². The van der Waals surface area contributed by atoms with E-state index in [1.165, 1.54) is 0 Å². The lowest BCUT2D eigenvalue weighted by Gasteiger charge is -2.05. The van der Waals surface area contributed by atoms with Crippen molar-refractivity contribution in [1.82, 2.24) is 0 Å². The number of hydrogen-bond acceptors (Lipinski definition) is 3. The van der Waals surface area contributed by atoms with Crippen LogP contribution in [0.15, 0.2) is 47.4 Å². The van der Waals surface area contributed by atoms with E-state index in [0.717, 1.165) is 34.4 Å². The van der Waals surface area contributed by atoms with Crippen molar-refractivity contribution in [2.24, 2.45) is 0 Å². The van der Waals surface area contributed by atoms with Gasteiger partial charge in [-0.3, -0.25) is 10.2 Å². The second-order valence-corrected chi connectivity index (χ2v) is 5.73. The molecular weight excluding hydrogens is 316 g/mol. The molecule has 122 valence electrons. The lowest BCUT2D eigenvalue weighted by molar-refractivity contribution is 0.0997. The van der Waals surface area contributed by atoms with Gasteiger partial charge in [0.2, 0.25) is 0 Å². The largest absolute Gasteiger partial charge is 0.298 e. The normalized spacial score (nSPS) is 9.78. The molecule has 2 nitrogen and oxygen atoms in total. The van der Waals surface area contributed by atoms with Crippen molar-refractivity contribution in [3.63, 3.8) is 0 Å². The van der Waals surface area contributed by atoms with Crippen LogP contribution in [0.5, 0.6) is 0 Å². The molecule has 0 heterocycles. The Kier molecular flexibility index (Phi) is 7.62. The lowest BCUT2D eigenvalue weighted by atomic mass is 10.1. The van der Waals surface area contributed by atoms with Gasteiger partial charge in [-0.15, -0.1) is 0 Å². The summed E-state index contributed by atoms with van der Waals surface area (Å²) in [6.07, 6.45) is -0.207. The lowest BCUT2D eigenvalue weighted by Crippen LogP contribution is -2.07. The zero-order valence-electron chi connectivity index (χ0n) is 13.3. The highest BCUT2D eigenvalue weighted by Gasteiger charge is 2.15. The molecule has 0 spiro atoms. The fourth-order valence-corrected chi connectivity index (χ4v) is 2.50. The van der Waals surface area contributed by atoms with Crippen LogP contribution in [0, 0.1) is 24.0 Å². The molecule has 5 heteroatoms. The Balaban J connectivity index is 0.00000127. The smallest absolute Gasteiger partial charge is 0.172 e. The van der Waals surface area contributed by atoms with Crippen LogP contribution in [0.25, 0.3) is 0 Å². The van der Waals surface area contributed by atoms with Crippen LogP contribution in [0.1, 0.15) is 36.2 Å². The summed E-state index contributed by atoms with van der Waals surface area (Å²) in [5.74, 6) is -2.15. The minimum Gasteiger partial charge on any atom is -0.298 e. The molecule has 0 fully saturated rings. The van der Waals surface area contributed by atoms with E-state index in [2.05, 4.69) is 0 Å². The van der Waals surface area contributed by atoms with Crippen LogP contribution in [0.3, 0.4) is 0 Å². The molecular formula is C18H19F2NOS. The third-order valence-corrected chi connectivity index (χ3v) is 3.71. The fraction of sp³-hybridized carbons (Fsp3) is 0.222. The van der Waals surface area contributed by atoms with E-state index in [1.54, 1.807) is 0 Å². The molecule has 0 bridgehead atoms. The average molecular weight is 335 g/mol. The van der Waals surface area contributed by atoms with Gasteiger partial charge in [-0.1, -0.05) is 43.3 Å². The van der Waals surface area contributed by atoms with Gasteiger partial charge in [0.15, 0.2) is 5.78 Å². The van der Waals surface area contributed by atoms with Crippen molar-refractivity contribution >= 4 is 22.6 Å². The van der Waals surface area contributed by atoms with Crippen LogP contribution in [0.4, 0.5) is 8.78 Å². The van der Waals surface area contributed by atoms with Gasteiger partial charge in [-0.2, -0.15) is 0 Å². The first-order valence-corrected chi connectivity index (χ1v) is 8.07. The van der Waals surface area contributed by atoms with E-state index in [1.807, 2.05) is 45.0 Å². The molecule has 2 aromatic carbocycles. The molecule has 0 saturated carbocycles. The monoisotopic (exact) mass is 335 g/mol. The van der Waals surface area contributed by atoms with Gasteiger partial charge in [0, 0.05) is 11.0 Å². The number of carbonyl (C=O) groups is 1. The number of Topliss-reactive ketones (excluding diaryl/α,β-unsaturated/α-hetero) is 1. The summed E-state index contributed by atoms with van der Waals surface area (Å²) < 4.78 is 26.3. The molecule has 0 atom stereocenters. The Hall–Kier alpha value is -2.01. The van der Waals surface area contributed by atoms with Gasteiger partial charge in [-0.25, -0.2) is 8.78 Å². The highest BCUT2D eigenvalue weighted by atomic mass is 32.2. The highest BCUT2D eigenvalue weighted by Crippen LogP contribution is 2.22. The number of hydrogen-bond donors (Lipinski definition) is 1. The van der Waals surface area contributed by atoms with Crippen molar-refractivity contribution in [2.75, 3.05) is 0 Å². The van der Waals surface area contributed by atoms with Crippen LogP contribution in [-0.4, -0.2) is 10.8 Å². The van der Waals surface area contributed by atoms with Gasteiger partial charge in [-0.05, 0) is 31.2 Å². The van der Waals surface area contributed by atoms with Crippen LogP contribution >= 0.6 is 11.8 Å². The van der Waals surface area contributed by atoms with Crippen molar-refractivity contribution in [2.45, 2.75) is 32.1 Å². The molecule has 0 aliphatic carbocycles. The van der Waals surface area contributed by atoms with Gasteiger partial charge < -0.3 is 0 Å². The molecule has 0 aliphatic rings. The third-order valence-electron chi connectivity index (χ3n) is 2.81. The maximum Gasteiger partial charge on any atom is 0.172 e. The molecule has 2 rings (SSSR count). The number of rotatable bonds is 4. The molecule has 0 saturated heterocycles. The van der Waals surface area contributed by atoms with Gasteiger partial charge in [0.05, 0.1) is 17.0 Å². The van der Waals surface area contributed by atoms with E-state index in [9.17, 15) is 13.6 Å². The molecule has 0 amide bonds. The number of nitrogens with one attached hydrogen (secondary N) is 1. The van der Waals surface area contributed by atoms with E-state index in [-0.39, 0.29) is 17.0 Å². The van der Waals surface area contributed by atoms with Crippen LogP contribution < -0.4 is 0 Å². The first kappa shape index (κ1) is 19.0. The summed E-state index contributed by atoms with van der Waals surface area (Å²) in [5.41, 5.74) is 0.918. The summed E-state index contributed by atoms with van der Waals surface area (Å²) >= 11 is 1.15. The summed E-state index contributed by atoms with van der Waals surface area (Å²) in [7, 11) is 0. The predicted octanol–water partition coefficient (Wildman–Crippen LogP) is 5.64. The first-order valence-electron chi connectivity index (χ1n) is 7.26. The quantitative estimate of drug-likeness (QED) is 0.340. The molecule has 0 aromatic heterocycles. The van der Waals surface area contributed by atoms with Crippen molar-refractivity contribution in [3.05, 3.63) is 65.2 Å². The second kappa shape index (κ2) is 9.20. The summed E-state index contributed by atoms with van der Waals surface area (Å²) in [4.78, 5) is 12.8. The predicted molar refractivity (Wildman–Crippen MR) is 91.4 cm³/mol. The molecule has 23 heavy (non-hydrogen) atoms. The number of thioether (sulfide) groups is 1. The molecule has 0 radical (unpaired) electrons. The molecule has 2 aromatic rings. The maximum atomic E-state index is 13.5. The summed E-state index contributed by atoms with van der Waals surface area (Å²) in [6.45, 7) is 5.96. The average Bonchev–Trinajstić information content (AvgIpc) is 2.51. The summed E-state index contributed by atoms with van der Waals surface area (Å²) in [5, 5.41) is 7.94. The van der Waals surface area contributed by atoms with E-state index in [4.69, 9.17) is 5.41 Å². The molecule has 0 aliphatic heterocycles. The number of carbonyl (C=O) groups excluding carboxylic acids is 1. The van der Waals surface area contributed by atoms with E-state index >= 15 is 0 Å². The maximum absolute atomic E-state index is 13.5. The zero-order valence-corrected chi connectivity index (χ0v) is 14.1. The Bertz CT molecular complexity index is 684. The van der Waals surface area contributed by atoms with Crippen LogP contribution in [0.2, 0.25) is 0 Å². The first-order chi connectivity index (χ1) is 11.0. The van der Waals surface area contributed by atoms with Crippen molar-refractivity contribution in [1.29, 1.82) is 5.41 Å². The van der Waals surface area contributed by atoms with E-state index in [0.29, 0.717) is 6.07 Å². The molecule has 0 unspecified atom stereocenters. The topological polar surface area (TPSA) is 40.9 Å². The van der Waals surface area contributed by atoms with Crippen molar-refractivity contribution < 1.29 is 13.6 Å². The SMILES string of the molecule is CC.Cc1ccc(SC(=N)CC(=O)c2ccc(F)cc2F)cc1. The summed E-state index contributed by atoms with van der Waals surface area (Å²) in [6, 6.07) is 10.4. The third kappa shape index (κ3) is 5.94. The Labute approximate surface area is 139 Å². The van der Waals surface area contributed by atoms with Gasteiger partial charge in [0.25, 0.3) is 0 Å². The van der Waals surface area contributed by atoms with Gasteiger partial charge in [0.1, 0.15) is 11.6 Å². The van der Waals surface area contributed by atoms with Gasteiger partial charge >= 0.3 is 0 Å².